The van der Waals surface area contributed by atoms with Gasteiger partial charge in [0, 0.05) is 6.54 Å². The van der Waals surface area contributed by atoms with Crippen LogP contribution in [0.5, 0.6) is 0 Å². The molecule has 1 aliphatic rings. The van der Waals surface area contributed by atoms with E-state index in [2.05, 4.69) is 14.7 Å². The van der Waals surface area contributed by atoms with E-state index in [0.717, 1.165) is 0 Å². The molecule has 1 unspecified atom stereocenters. The number of hydrogen-bond acceptors (Lipinski definition) is 5. The summed E-state index contributed by atoms with van der Waals surface area (Å²) in [7, 11) is -3.68. The molecule has 1 aliphatic heterocycles. The Bertz CT molecular complexity index is 1060. The molecule has 0 aromatic heterocycles. The summed E-state index contributed by atoms with van der Waals surface area (Å²) in [6.45, 7) is -0.100. The second-order valence-corrected chi connectivity index (χ2v) is 8.73. The molecule has 0 aliphatic carbocycles. The highest BCUT2D eigenvalue weighted by Gasteiger charge is 2.60. The number of halogens is 4. The number of alkyl halides is 3. The Balaban J connectivity index is 1.60. The summed E-state index contributed by atoms with van der Waals surface area (Å²) in [5.41, 5.74) is 1.18. The van der Waals surface area contributed by atoms with Gasteiger partial charge < -0.3 is 9.94 Å². The van der Waals surface area contributed by atoms with Crippen molar-refractivity contribution in [3.8, 4) is 0 Å². The largest absolute Gasteiger partial charge is 0.458 e. The molecular weight excluding hydrogens is 428 g/mol. The Morgan fingerprint density at radius 1 is 1.13 bits per heavy atom. The molecular formula is C19H18F4N2O4S. The fourth-order valence-electron chi connectivity index (χ4n) is 2.80. The zero-order chi connectivity index (χ0) is 22.0. The van der Waals surface area contributed by atoms with Crippen LogP contribution < -0.4 is 4.72 Å². The first-order valence-corrected chi connectivity index (χ1v) is 10.5. The highest BCUT2D eigenvalue weighted by Crippen LogP contribution is 2.38. The molecule has 1 heterocycles. The molecule has 3 rings (SSSR count). The van der Waals surface area contributed by atoms with Crippen molar-refractivity contribution in [1.82, 2.24) is 4.72 Å². The van der Waals surface area contributed by atoms with E-state index in [9.17, 15) is 31.1 Å². The Morgan fingerprint density at radius 3 is 2.50 bits per heavy atom. The van der Waals surface area contributed by atoms with E-state index in [0.29, 0.717) is 11.1 Å². The first-order valence-electron chi connectivity index (χ1n) is 8.83. The molecule has 2 aromatic rings. The Hall–Kier alpha value is -2.50. The van der Waals surface area contributed by atoms with Gasteiger partial charge in [0.25, 0.3) is 0 Å². The minimum atomic E-state index is -5.01. The van der Waals surface area contributed by atoms with E-state index in [1.807, 2.05) is 0 Å². The van der Waals surface area contributed by atoms with E-state index < -0.39 is 34.2 Å². The molecule has 162 valence electrons. The smallest absolute Gasteiger partial charge is 0.350 e. The van der Waals surface area contributed by atoms with Crippen molar-refractivity contribution < 1.29 is 35.9 Å². The van der Waals surface area contributed by atoms with Gasteiger partial charge in [-0.05, 0) is 41.3 Å². The third-order valence-corrected chi connectivity index (χ3v) is 5.79. The fourth-order valence-corrected chi connectivity index (χ4v) is 3.84. The maximum Gasteiger partial charge on any atom is 0.458 e. The van der Waals surface area contributed by atoms with Crippen LogP contribution in [0.3, 0.4) is 0 Å². The van der Waals surface area contributed by atoms with Crippen LogP contribution in [0.25, 0.3) is 0 Å². The minimum Gasteiger partial charge on any atom is -0.350 e. The number of aryl methyl sites for hydroxylation is 1. The maximum absolute atomic E-state index is 13.2. The summed E-state index contributed by atoms with van der Waals surface area (Å²) < 4.78 is 78.5. The summed E-state index contributed by atoms with van der Waals surface area (Å²) in [5.74, 6) is -4.09. The molecule has 0 amide bonds. The lowest BCUT2D eigenvalue weighted by atomic mass is 10.0. The number of aliphatic hydroxyl groups is 1. The molecule has 6 nitrogen and oxygen atoms in total. The summed E-state index contributed by atoms with van der Waals surface area (Å²) in [6.07, 6.45) is -5.76. The van der Waals surface area contributed by atoms with Gasteiger partial charge in [-0.1, -0.05) is 35.5 Å². The van der Waals surface area contributed by atoms with Crippen LogP contribution in [-0.2, 0) is 27.8 Å². The van der Waals surface area contributed by atoms with Crippen molar-refractivity contribution in [2.24, 2.45) is 5.16 Å². The van der Waals surface area contributed by atoms with Crippen LogP contribution in [-0.4, -0.2) is 37.0 Å². The Labute approximate surface area is 170 Å². The van der Waals surface area contributed by atoms with E-state index in [1.165, 1.54) is 36.4 Å². The zero-order valence-electron chi connectivity index (χ0n) is 15.5. The van der Waals surface area contributed by atoms with Gasteiger partial charge in [0.15, 0.2) is 0 Å². The third-order valence-electron chi connectivity index (χ3n) is 4.46. The van der Waals surface area contributed by atoms with Gasteiger partial charge in [-0.25, -0.2) is 17.5 Å². The van der Waals surface area contributed by atoms with Gasteiger partial charge in [-0.2, -0.15) is 13.2 Å². The number of benzene rings is 2. The first kappa shape index (κ1) is 22.2. The van der Waals surface area contributed by atoms with Crippen LogP contribution in [0.15, 0.2) is 53.7 Å². The molecule has 30 heavy (non-hydrogen) atoms. The number of oxime groups is 1. The Morgan fingerprint density at radius 2 is 1.83 bits per heavy atom. The minimum absolute atomic E-state index is 0.100. The molecule has 2 N–H and O–H groups in total. The second-order valence-electron chi connectivity index (χ2n) is 6.81. The molecule has 0 bridgehead atoms. The van der Waals surface area contributed by atoms with Crippen molar-refractivity contribution in [3.05, 3.63) is 71.0 Å². The summed E-state index contributed by atoms with van der Waals surface area (Å²) in [5, 5.41) is 12.9. The summed E-state index contributed by atoms with van der Waals surface area (Å²) in [6, 6.07) is 11.7. The van der Waals surface area contributed by atoms with Crippen LogP contribution in [0, 0.1) is 5.82 Å². The lowest BCUT2D eigenvalue weighted by molar-refractivity contribution is -0.355. The molecule has 1 atom stereocenters. The monoisotopic (exact) mass is 446 g/mol. The van der Waals surface area contributed by atoms with Crippen LogP contribution in [0.2, 0.25) is 0 Å². The zero-order valence-corrected chi connectivity index (χ0v) is 16.3. The van der Waals surface area contributed by atoms with Crippen LogP contribution in [0.1, 0.15) is 23.1 Å². The van der Waals surface area contributed by atoms with E-state index in [-0.39, 0.29) is 30.0 Å². The van der Waals surface area contributed by atoms with Crippen molar-refractivity contribution >= 4 is 15.7 Å². The van der Waals surface area contributed by atoms with Gasteiger partial charge in [0.05, 0.1) is 17.9 Å². The number of hydrogen-bond donors (Lipinski definition) is 2. The Kier molecular flexibility index (Phi) is 6.16. The van der Waals surface area contributed by atoms with Gasteiger partial charge in [-0.3, -0.25) is 0 Å². The average Bonchev–Trinajstić information content (AvgIpc) is 3.09. The standard InChI is InChI=1S/C19H18F4N2O4S/c20-16-6-2-3-13(10-16)7-8-30(27,28)24-12-14-4-1-5-15(9-14)17-11-18(26,29-25-17)19(21,22)23/h1-6,9-10,24,26H,7-8,11-12H2. The second kappa shape index (κ2) is 8.32. The SMILES string of the molecule is O=S(=O)(CCc1cccc(F)c1)NCc1cccc(C2=NOC(O)(C(F)(F)F)C2)c1. The topological polar surface area (TPSA) is 88.0 Å². The highest BCUT2D eigenvalue weighted by atomic mass is 32.2. The fraction of sp³-hybridized carbons (Fsp3) is 0.316. The molecule has 11 heteroatoms. The number of nitrogens with zero attached hydrogens (tertiary/aromatic N) is 1. The lowest BCUT2D eigenvalue weighted by Crippen LogP contribution is -2.45. The molecule has 0 fully saturated rings. The predicted molar refractivity (Wildman–Crippen MR) is 100 cm³/mol. The van der Waals surface area contributed by atoms with E-state index in [1.54, 1.807) is 12.1 Å². The highest BCUT2D eigenvalue weighted by molar-refractivity contribution is 7.89. The summed E-state index contributed by atoms with van der Waals surface area (Å²) in [4.78, 5) is 4.19. The van der Waals surface area contributed by atoms with E-state index >= 15 is 0 Å². The summed E-state index contributed by atoms with van der Waals surface area (Å²) >= 11 is 0. The van der Waals surface area contributed by atoms with Gasteiger partial charge in [0.2, 0.25) is 10.0 Å². The van der Waals surface area contributed by atoms with Crippen molar-refractivity contribution in [1.29, 1.82) is 0 Å². The first-order chi connectivity index (χ1) is 14.0. The normalized spacial score (nSPS) is 19.4. The molecule has 0 radical (unpaired) electrons. The van der Waals surface area contributed by atoms with Gasteiger partial charge in [0.1, 0.15) is 5.82 Å². The molecule has 2 aromatic carbocycles. The van der Waals surface area contributed by atoms with Gasteiger partial charge in [-0.15, -0.1) is 0 Å². The third kappa shape index (κ3) is 5.35. The van der Waals surface area contributed by atoms with Crippen LogP contribution in [0.4, 0.5) is 17.6 Å². The molecule has 0 spiro atoms. The average molecular weight is 446 g/mol. The van der Waals surface area contributed by atoms with E-state index in [4.69, 9.17) is 0 Å². The van der Waals surface area contributed by atoms with Gasteiger partial charge >= 0.3 is 12.0 Å². The van der Waals surface area contributed by atoms with Crippen molar-refractivity contribution in [3.63, 3.8) is 0 Å². The lowest BCUT2D eigenvalue weighted by Gasteiger charge is -2.22. The van der Waals surface area contributed by atoms with Crippen molar-refractivity contribution in [2.45, 2.75) is 31.3 Å². The number of sulfonamides is 1. The van der Waals surface area contributed by atoms with Crippen molar-refractivity contribution in [2.75, 3.05) is 5.75 Å². The predicted octanol–water partition coefficient (Wildman–Crippen LogP) is 2.86. The quantitative estimate of drug-likeness (QED) is 0.641. The van der Waals surface area contributed by atoms with Crippen LogP contribution >= 0.6 is 0 Å². The maximum atomic E-state index is 13.2. The molecule has 0 saturated heterocycles. The number of nitrogens with one attached hydrogen (secondary N) is 1. The molecule has 0 saturated carbocycles. The number of rotatable bonds is 7.